The van der Waals surface area contributed by atoms with E-state index in [4.69, 9.17) is 0 Å². The molecular formula is C10H12F2N2. The summed E-state index contributed by atoms with van der Waals surface area (Å²) in [4.78, 5) is 2.00. The van der Waals surface area contributed by atoms with Gasteiger partial charge in [0.15, 0.2) is 11.6 Å². The zero-order chi connectivity index (χ0) is 10.1. The maximum absolute atomic E-state index is 12.9. The van der Waals surface area contributed by atoms with Crippen LogP contribution in [0.15, 0.2) is 18.2 Å². The third-order valence-electron chi connectivity index (χ3n) is 2.56. The standard InChI is InChI=1S/C10H12F2N2/c1-13-7-5-14(6-7)8-2-3-9(11)10(12)4-8/h2-4,7,13H,5-6H2,1H3. The highest BCUT2D eigenvalue weighted by Crippen LogP contribution is 2.22. The number of benzene rings is 1. The molecule has 1 aromatic rings. The summed E-state index contributed by atoms with van der Waals surface area (Å²) >= 11 is 0. The topological polar surface area (TPSA) is 15.3 Å². The van der Waals surface area contributed by atoms with Gasteiger partial charge in [0.2, 0.25) is 0 Å². The molecule has 0 aliphatic carbocycles. The number of hydrogen-bond donors (Lipinski definition) is 1. The molecule has 0 atom stereocenters. The Morgan fingerprint density at radius 3 is 2.57 bits per heavy atom. The second-order valence-electron chi connectivity index (χ2n) is 3.49. The van der Waals surface area contributed by atoms with Gasteiger partial charge in [0, 0.05) is 30.9 Å². The Hall–Kier alpha value is -1.16. The Morgan fingerprint density at radius 2 is 2.00 bits per heavy atom. The fourth-order valence-corrected chi connectivity index (χ4v) is 1.55. The molecule has 0 radical (unpaired) electrons. The van der Waals surface area contributed by atoms with Gasteiger partial charge in [-0.1, -0.05) is 0 Å². The summed E-state index contributed by atoms with van der Waals surface area (Å²) in [5.41, 5.74) is 0.746. The maximum Gasteiger partial charge on any atom is 0.160 e. The molecule has 0 bridgehead atoms. The molecule has 0 unspecified atom stereocenters. The Morgan fingerprint density at radius 1 is 1.29 bits per heavy atom. The zero-order valence-corrected chi connectivity index (χ0v) is 7.93. The Balaban J connectivity index is 2.08. The van der Waals surface area contributed by atoms with E-state index in [0.29, 0.717) is 6.04 Å². The van der Waals surface area contributed by atoms with Gasteiger partial charge in [-0.25, -0.2) is 8.78 Å². The lowest BCUT2D eigenvalue weighted by Crippen LogP contribution is -2.57. The van der Waals surface area contributed by atoms with Crippen LogP contribution in [-0.4, -0.2) is 26.2 Å². The predicted molar refractivity (Wildman–Crippen MR) is 51.4 cm³/mol. The number of nitrogens with zero attached hydrogens (tertiary/aromatic N) is 1. The van der Waals surface area contributed by atoms with Gasteiger partial charge in [-0.05, 0) is 19.2 Å². The molecule has 1 saturated heterocycles. The van der Waals surface area contributed by atoms with Crippen LogP contribution >= 0.6 is 0 Å². The fraction of sp³-hybridized carbons (Fsp3) is 0.400. The minimum absolute atomic E-state index is 0.461. The molecule has 0 spiro atoms. The summed E-state index contributed by atoms with van der Waals surface area (Å²) in [5, 5.41) is 3.12. The monoisotopic (exact) mass is 198 g/mol. The SMILES string of the molecule is CNC1CN(c2ccc(F)c(F)c2)C1. The quantitative estimate of drug-likeness (QED) is 0.772. The molecule has 0 amide bonds. The van der Waals surface area contributed by atoms with Crippen molar-refractivity contribution in [3.8, 4) is 0 Å². The van der Waals surface area contributed by atoms with Crippen LogP contribution in [0.5, 0.6) is 0 Å². The van der Waals surface area contributed by atoms with Crippen LogP contribution in [-0.2, 0) is 0 Å². The number of likely N-dealkylation sites (N-methyl/N-ethyl adjacent to an activating group) is 1. The van der Waals surface area contributed by atoms with E-state index in [1.54, 1.807) is 6.07 Å². The first kappa shape index (κ1) is 9.40. The second-order valence-corrected chi connectivity index (χ2v) is 3.49. The Kier molecular flexibility index (Phi) is 2.37. The summed E-state index contributed by atoms with van der Waals surface area (Å²) in [6.45, 7) is 1.70. The molecule has 0 aromatic heterocycles. The minimum atomic E-state index is -0.792. The van der Waals surface area contributed by atoms with Crippen molar-refractivity contribution in [3.05, 3.63) is 29.8 Å². The van der Waals surface area contributed by atoms with Crippen LogP contribution in [0, 0.1) is 11.6 Å². The summed E-state index contributed by atoms with van der Waals surface area (Å²) in [6.07, 6.45) is 0. The summed E-state index contributed by atoms with van der Waals surface area (Å²) in [7, 11) is 1.90. The first-order chi connectivity index (χ1) is 6.70. The largest absolute Gasteiger partial charge is 0.368 e. The minimum Gasteiger partial charge on any atom is -0.368 e. The molecule has 1 aliphatic heterocycles. The van der Waals surface area contributed by atoms with Crippen molar-refractivity contribution >= 4 is 5.69 Å². The molecule has 1 aromatic carbocycles. The molecule has 14 heavy (non-hydrogen) atoms. The zero-order valence-electron chi connectivity index (χ0n) is 7.93. The average Bonchev–Trinajstić information content (AvgIpc) is 2.09. The van der Waals surface area contributed by atoms with Crippen LogP contribution in [0.3, 0.4) is 0 Å². The van der Waals surface area contributed by atoms with Crippen molar-refractivity contribution in [3.63, 3.8) is 0 Å². The van der Waals surface area contributed by atoms with E-state index in [-0.39, 0.29) is 0 Å². The van der Waals surface area contributed by atoms with Gasteiger partial charge in [0.05, 0.1) is 0 Å². The van der Waals surface area contributed by atoms with E-state index in [1.807, 2.05) is 11.9 Å². The first-order valence-corrected chi connectivity index (χ1v) is 4.58. The molecule has 4 heteroatoms. The first-order valence-electron chi connectivity index (χ1n) is 4.58. The van der Waals surface area contributed by atoms with Gasteiger partial charge in [-0.2, -0.15) is 0 Å². The van der Waals surface area contributed by atoms with Crippen LogP contribution in [0.2, 0.25) is 0 Å². The summed E-state index contributed by atoms with van der Waals surface area (Å²) < 4.78 is 25.5. The highest BCUT2D eigenvalue weighted by atomic mass is 19.2. The Labute approximate surface area is 81.5 Å². The van der Waals surface area contributed by atoms with Gasteiger partial charge in [-0.3, -0.25) is 0 Å². The van der Waals surface area contributed by atoms with Crippen molar-refractivity contribution < 1.29 is 8.78 Å². The number of hydrogen-bond acceptors (Lipinski definition) is 2. The van der Waals surface area contributed by atoms with Gasteiger partial charge >= 0.3 is 0 Å². The van der Waals surface area contributed by atoms with Gasteiger partial charge < -0.3 is 10.2 Å². The van der Waals surface area contributed by atoms with Crippen molar-refractivity contribution in [2.24, 2.45) is 0 Å². The van der Waals surface area contributed by atoms with E-state index in [1.165, 1.54) is 6.07 Å². The highest BCUT2D eigenvalue weighted by Gasteiger charge is 2.25. The number of rotatable bonds is 2. The van der Waals surface area contributed by atoms with Crippen molar-refractivity contribution in [1.82, 2.24) is 5.32 Å². The molecular weight excluding hydrogens is 186 g/mol. The van der Waals surface area contributed by atoms with Crippen molar-refractivity contribution in [2.75, 3.05) is 25.0 Å². The fourth-order valence-electron chi connectivity index (χ4n) is 1.55. The number of anilines is 1. The molecule has 1 N–H and O–H groups in total. The van der Waals surface area contributed by atoms with E-state index in [2.05, 4.69) is 5.32 Å². The van der Waals surface area contributed by atoms with Crippen LogP contribution < -0.4 is 10.2 Å². The lowest BCUT2D eigenvalue weighted by atomic mass is 10.1. The smallest absolute Gasteiger partial charge is 0.160 e. The average molecular weight is 198 g/mol. The summed E-state index contributed by atoms with van der Waals surface area (Å²) in [5.74, 6) is -1.57. The lowest BCUT2D eigenvalue weighted by molar-refractivity contribution is 0.448. The van der Waals surface area contributed by atoms with Crippen LogP contribution in [0.1, 0.15) is 0 Å². The number of nitrogens with one attached hydrogen (secondary N) is 1. The van der Waals surface area contributed by atoms with E-state index < -0.39 is 11.6 Å². The number of halogens is 2. The van der Waals surface area contributed by atoms with Crippen molar-refractivity contribution in [1.29, 1.82) is 0 Å². The normalized spacial score (nSPS) is 16.9. The molecule has 1 fully saturated rings. The molecule has 1 heterocycles. The molecule has 2 rings (SSSR count). The van der Waals surface area contributed by atoms with E-state index in [0.717, 1.165) is 24.8 Å². The lowest BCUT2D eigenvalue weighted by Gasteiger charge is -2.40. The highest BCUT2D eigenvalue weighted by molar-refractivity contribution is 5.49. The molecule has 1 aliphatic rings. The predicted octanol–water partition coefficient (Wildman–Crippen LogP) is 1.37. The van der Waals surface area contributed by atoms with Crippen LogP contribution in [0.4, 0.5) is 14.5 Å². The maximum atomic E-state index is 12.9. The van der Waals surface area contributed by atoms with Crippen LogP contribution in [0.25, 0.3) is 0 Å². The van der Waals surface area contributed by atoms with Gasteiger partial charge in [0.1, 0.15) is 0 Å². The Bertz CT molecular complexity index is 335. The van der Waals surface area contributed by atoms with E-state index >= 15 is 0 Å². The third-order valence-corrected chi connectivity index (χ3v) is 2.56. The molecule has 76 valence electrons. The molecule has 2 nitrogen and oxygen atoms in total. The second kappa shape index (κ2) is 3.53. The van der Waals surface area contributed by atoms with Crippen molar-refractivity contribution in [2.45, 2.75) is 6.04 Å². The van der Waals surface area contributed by atoms with E-state index in [9.17, 15) is 8.78 Å². The third kappa shape index (κ3) is 1.57. The van der Waals surface area contributed by atoms with Gasteiger partial charge in [0.25, 0.3) is 0 Å². The van der Waals surface area contributed by atoms with Gasteiger partial charge in [-0.15, -0.1) is 0 Å². The summed E-state index contributed by atoms with van der Waals surface area (Å²) in [6, 6.07) is 4.46. The molecule has 0 saturated carbocycles.